The molecule has 0 bridgehead atoms. The minimum absolute atomic E-state index is 0.0223. The van der Waals surface area contributed by atoms with Crippen molar-refractivity contribution in [3.05, 3.63) is 18.5 Å². The first-order chi connectivity index (χ1) is 14.2. The number of anilines is 1. The summed E-state index contributed by atoms with van der Waals surface area (Å²) in [6.45, 7) is 8.41. The van der Waals surface area contributed by atoms with Crippen LogP contribution in [0.4, 0.5) is 5.95 Å². The summed E-state index contributed by atoms with van der Waals surface area (Å²) < 4.78 is 5.55. The average molecular weight is 406 g/mol. The highest BCUT2D eigenvalue weighted by atomic mass is 16.5. The van der Waals surface area contributed by atoms with E-state index in [2.05, 4.69) is 35.4 Å². The fraction of sp³-hybridized carbons (Fsp3) is 0.750. The Hall–Kier alpha value is -1.97. The van der Waals surface area contributed by atoms with Crippen LogP contribution in [0.15, 0.2) is 23.5 Å². The van der Waals surface area contributed by atoms with Crippen LogP contribution in [0.3, 0.4) is 0 Å². The predicted octanol–water partition coefficient (Wildman–Crippen LogP) is -0.0572. The van der Waals surface area contributed by atoms with Crippen molar-refractivity contribution < 1.29 is 9.84 Å². The van der Waals surface area contributed by atoms with E-state index in [9.17, 15) is 5.11 Å². The van der Waals surface area contributed by atoms with E-state index in [1.165, 1.54) is 0 Å². The molecule has 9 heteroatoms. The van der Waals surface area contributed by atoms with Gasteiger partial charge in [-0.05, 0) is 31.9 Å². The number of guanidine groups is 1. The number of ether oxygens (including phenoxy) is 1. The van der Waals surface area contributed by atoms with Crippen molar-refractivity contribution in [3.63, 3.8) is 0 Å². The van der Waals surface area contributed by atoms with Gasteiger partial charge in [-0.2, -0.15) is 0 Å². The second-order valence-corrected chi connectivity index (χ2v) is 7.86. The van der Waals surface area contributed by atoms with Crippen LogP contribution < -0.4 is 15.5 Å². The monoisotopic (exact) mass is 405 g/mol. The van der Waals surface area contributed by atoms with Crippen molar-refractivity contribution in [2.75, 3.05) is 77.6 Å². The van der Waals surface area contributed by atoms with Crippen LogP contribution >= 0.6 is 0 Å². The molecular weight excluding hydrogens is 370 g/mol. The van der Waals surface area contributed by atoms with E-state index < -0.39 is 0 Å². The van der Waals surface area contributed by atoms with Gasteiger partial charge in [0, 0.05) is 77.3 Å². The molecule has 2 aliphatic heterocycles. The molecule has 0 radical (unpaired) electrons. The van der Waals surface area contributed by atoms with E-state index in [4.69, 9.17) is 4.74 Å². The smallest absolute Gasteiger partial charge is 0.225 e. The number of aliphatic hydroxyl groups excluding tert-OH is 1. The molecule has 0 spiro atoms. The molecule has 1 atom stereocenters. The first-order valence-corrected chi connectivity index (χ1v) is 10.6. The summed E-state index contributed by atoms with van der Waals surface area (Å²) >= 11 is 0. The van der Waals surface area contributed by atoms with Crippen LogP contribution in [0.1, 0.15) is 19.3 Å². The normalized spacial score (nSPS) is 23.4. The van der Waals surface area contributed by atoms with Gasteiger partial charge in [-0.1, -0.05) is 0 Å². The molecule has 29 heavy (non-hydrogen) atoms. The van der Waals surface area contributed by atoms with E-state index in [1.807, 2.05) is 6.07 Å². The van der Waals surface area contributed by atoms with Gasteiger partial charge < -0.3 is 25.4 Å². The van der Waals surface area contributed by atoms with E-state index in [-0.39, 0.29) is 12.0 Å². The zero-order valence-electron chi connectivity index (χ0n) is 17.5. The average Bonchev–Trinajstić information content (AvgIpc) is 3.23. The number of aliphatic imine (C=N–C) groups is 1. The van der Waals surface area contributed by atoms with E-state index >= 15 is 0 Å². The van der Waals surface area contributed by atoms with Gasteiger partial charge in [0.15, 0.2) is 5.96 Å². The molecule has 0 saturated carbocycles. The molecule has 2 saturated heterocycles. The van der Waals surface area contributed by atoms with Gasteiger partial charge in [-0.15, -0.1) is 0 Å². The van der Waals surface area contributed by atoms with Crippen molar-refractivity contribution in [3.8, 4) is 0 Å². The number of hydrogen-bond acceptors (Lipinski definition) is 7. The lowest BCUT2D eigenvalue weighted by Crippen LogP contribution is -2.48. The number of rotatable bonds is 9. The summed E-state index contributed by atoms with van der Waals surface area (Å²) in [4.78, 5) is 17.7. The number of nitrogens with one attached hydrogen (secondary N) is 2. The van der Waals surface area contributed by atoms with Crippen molar-refractivity contribution >= 4 is 11.9 Å². The maximum Gasteiger partial charge on any atom is 0.225 e. The molecule has 1 aromatic rings. The molecule has 3 rings (SSSR count). The summed E-state index contributed by atoms with van der Waals surface area (Å²) in [5.74, 6) is 1.65. The van der Waals surface area contributed by atoms with Crippen LogP contribution in [0.25, 0.3) is 0 Å². The summed E-state index contributed by atoms with van der Waals surface area (Å²) in [6, 6.07) is 1.85. The fourth-order valence-corrected chi connectivity index (χ4v) is 3.94. The molecular formula is C20H35N7O2. The van der Waals surface area contributed by atoms with Gasteiger partial charge in [0.05, 0.1) is 6.61 Å². The van der Waals surface area contributed by atoms with Crippen LogP contribution in [-0.2, 0) is 4.74 Å². The number of piperazine rings is 1. The Bertz CT molecular complexity index is 615. The Kier molecular flexibility index (Phi) is 8.45. The first kappa shape index (κ1) is 21.7. The van der Waals surface area contributed by atoms with Crippen molar-refractivity contribution in [2.24, 2.45) is 10.4 Å². The minimum atomic E-state index is 0.0223. The Morgan fingerprint density at radius 2 is 2.03 bits per heavy atom. The van der Waals surface area contributed by atoms with Gasteiger partial charge in [0.1, 0.15) is 0 Å². The standard InChI is InChI=1S/C20H35N7O2/c1-21-18(25-16-20(4-14-28)5-15-29-17-20)22-8-3-9-26-10-12-27(13-11-26)19-23-6-2-7-24-19/h2,6-7,28H,3-5,8-17H2,1H3,(H2,21,22,25). The van der Waals surface area contributed by atoms with Crippen molar-refractivity contribution in [2.45, 2.75) is 19.3 Å². The lowest BCUT2D eigenvalue weighted by molar-refractivity contribution is 0.127. The molecule has 2 aliphatic rings. The molecule has 0 aromatic carbocycles. The molecule has 3 N–H and O–H groups in total. The van der Waals surface area contributed by atoms with Gasteiger partial charge >= 0.3 is 0 Å². The lowest BCUT2D eigenvalue weighted by Gasteiger charge is -2.34. The highest BCUT2D eigenvalue weighted by Gasteiger charge is 2.34. The molecule has 1 aromatic heterocycles. The van der Waals surface area contributed by atoms with Gasteiger partial charge in [0.25, 0.3) is 0 Å². The number of hydrogen-bond donors (Lipinski definition) is 3. The summed E-state index contributed by atoms with van der Waals surface area (Å²) in [6.07, 6.45) is 6.40. The van der Waals surface area contributed by atoms with E-state index in [0.29, 0.717) is 6.61 Å². The SMILES string of the molecule is CN=C(NCCCN1CCN(c2ncccn2)CC1)NCC1(CCO)CCOC1. The van der Waals surface area contributed by atoms with Crippen LogP contribution in [0.2, 0.25) is 0 Å². The summed E-state index contributed by atoms with van der Waals surface area (Å²) in [7, 11) is 1.80. The molecule has 1 unspecified atom stereocenters. The third-order valence-electron chi connectivity index (χ3n) is 5.83. The number of nitrogens with zero attached hydrogens (tertiary/aromatic N) is 5. The topological polar surface area (TPSA) is 98.1 Å². The predicted molar refractivity (Wildman–Crippen MR) is 114 cm³/mol. The van der Waals surface area contributed by atoms with Gasteiger partial charge in [-0.3, -0.25) is 9.89 Å². The molecule has 3 heterocycles. The van der Waals surface area contributed by atoms with Crippen LogP contribution in [-0.4, -0.2) is 98.6 Å². The Balaban J connectivity index is 1.30. The zero-order valence-corrected chi connectivity index (χ0v) is 17.5. The molecule has 162 valence electrons. The van der Waals surface area contributed by atoms with Crippen LogP contribution in [0, 0.1) is 5.41 Å². The molecule has 9 nitrogen and oxygen atoms in total. The zero-order chi connectivity index (χ0) is 20.4. The van der Waals surface area contributed by atoms with Crippen molar-refractivity contribution in [1.29, 1.82) is 0 Å². The molecule has 2 fully saturated rings. The van der Waals surface area contributed by atoms with Crippen LogP contribution in [0.5, 0.6) is 0 Å². The second-order valence-electron chi connectivity index (χ2n) is 7.86. The van der Waals surface area contributed by atoms with Crippen molar-refractivity contribution in [1.82, 2.24) is 25.5 Å². The number of aromatic nitrogens is 2. The second kappa shape index (κ2) is 11.3. The largest absolute Gasteiger partial charge is 0.396 e. The van der Waals surface area contributed by atoms with E-state index in [1.54, 1.807) is 19.4 Å². The summed E-state index contributed by atoms with van der Waals surface area (Å²) in [5, 5.41) is 16.2. The number of aliphatic hydroxyl groups is 1. The van der Waals surface area contributed by atoms with Gasteiger partial charge in [0.2, 0.25) is 5.95 Å². The quantitative estimate of drug-likeness (QED) is 0.299. The fourth-order valence-electron chi connectivity index (χ4n) is 3.94. The van der Waals surface area contributed by atoms with Gasteiger partial charge in [-0.25, -0.2) is 9.97 Å². The molecule has 0 aliphatic carbocycles. The maximum absolute atomic E-state index is 9.35. The lowest BCUT2D eigenvalue weighted by atomic mass is 9.84. The third kappa shape index (κ3) is 6.52. The summed E-state index contributed by atoms with van der Waals surface area (Å²) in [5.41, 5.74) is 0.0223. The highest BCUT2D eigenvalue weighted by molar-refractivity contribution is 5.79. The Morgan fingerprint density at radius 1 is 1.24 bits per heavy atom. The minimum Gasteiger partial charge on any atom is -0.396 e. The Labute approximate surface area is 173 Å². The third-order valence-corrected chi connectivity index (χ3v) is 5.83. The Morgan fingerprint density at radius 3 is 2.69 bits per heavy atom. The first-order valence-electron chi connectivity index (χ1n) is 10.6. The highest BCUT2D eigenvalue weighted by Crippen LogP contribution is 2.31. The molecule has 0 amide bonds. The maximum atomic E-state index is 9.35. The van der Waals surface area contributed by atoms with E-state index in [0.717, 1.165) is 83.6 Å².